The number of aromatic amines is 1. The van der Waals surface area contributed by atoms with E-state index in [1.807, 2.05) is 91.9 Å². The third-order valence-corrected chi connectivity index (χ3v) is 9.81. The number of hydrogen-bond acceptors (Lipinski definition) is 7. The lowest BCUT2D eigenvalue weighted by molar-refractivity contribution is 0.314. The second-order valence-corrected chi connectivity index (χ2v) is 13.0. The summed E-state index contributed by atoms with van der Waals surface area (Å²) in [5.74, 6) is 2.53. The molecule has 0 radical (unpaired) electrons. The maximum absolute atomic E-state index is 13.1. The highest BCUT2D eigenvalue weighted by Crippen LogP contribution is 2.35. The van der Waals surface area contributed by atoms with Gasteiger partial charge >= 0.3 is 0 Å². The number of benzene rings is 2. The summed E-state index contributed by atoms with van der Waals surface area (Å²) < 4.78 is 33.2. The van der Waals surface area contributed by atoms with Gasteiger partial charge in [0.25, 0.3) is 0 Å². The van der Waals surface area contributed by atoms with E-state index in [0.29, 0.717) is 32.5 Å². The summed E-state index contributed by atoms with van der Waals surface area (Å²) in [6.07, 6.45) is 3.16. The van der Waals surface area contributed by atoms with Gasteiger partial charge in [0, 0.05) is 43.0 Å². The molecular weight excluding hydrogens is 572 g/mol. The van der Waals surface area contributed by atoms with Crippen molar-refractivity contribution in [1.82, 2.24) is 24.2 Å². The first-order valence-electron chi connectivity index (χ1n) is 14.8. The van der Waals surface area contributed by atoms with Crippen molar-refractivity contribution in [2.75, 3.05) is 25.5 Å². The maximum atomic E-state index is 13.1. The quantitative estimate of drug-likeness (QED) is 0.195. The fourth-order valence-corrected chi connectivity index (χ4v) is 7.12. The first kappa shape index (κ1) is 29.5. The van der Waals surface area contributed by atoms with Crippen LogP contribution in [0.3, 0.4) is 0 Å². The molecule has 0 bridgehead atoms. The van der Waals surface area contributed by atoms with E-state index in [4.69, 9.17) is 14.7 Å². The molecular formula is C34H36N6O3S. The number of ether oxygens (including phenoxy) is 1. The molecule has 0 aliphatic carbocycles. The smallest absolute Gasteiger partial charge is 0.218 e. The first-order valence-corrected chi connectivity index (χ1v) is 16.4. The highest BCUT2D eigenvalue weighted by molar-refractivity contribution is 7.88. The Morgan fingerprint density at radius 2 is 1.70 bits per heavy atom. The topological polar surface area (TPSA) is 113 Å². The second kappa shape index (κ2) is 13.0. The Hall–Kier alpha value is -4.54. The maximum Gasteiger partial charge on any atom is 0.218 e. The van der Waals surface area contributed by atoms with Crippen LogP contribution in [0.15, 0.2) is 91.1 Å². The number of H-pyrrole nitrogens is 1. The average Bonchev–Trinajstić information content (AvgIpc) is 3.50. The number of nitrogens with zero attached hydrogens (tertiary/aromatic N) is 4. The van der Waals surface area contributed by atoms with E-state index in [9.17, 15) is 8.42 Å². The van der Waals surface area contributed by atoms with Crippen molar-refractivity contribution in [2.24, 2.45) is 0 Å². The van der Waals surface area contributed by atoms with E-state index in [0.717, 1.165) is 56.9 Å². The van der Waals surface area contributed by atoms with Crippen LogP contribution in [0.5, 0.6) is 5.75 Å². The van der Waals surface area contributed by atoms with Gasteiger partial charge in [-0.25, -0.2) is 22.7 Å². The molecule has 5 aromatic rings. The summed E-state index contributed by atoms with van der Waals surface area (Å²) in [6.45, 7) is 3.51. The molecule has 44 heavy (non-hydrogen) atoms. The minimum absolute atomic E-state index is 0.0173. The molecule has 1 aliphatic rings. The third kappa shape index (κ3) is 6.82. The van der Waals surface area contributed by atoms with Crippen LogP contribution in [0.4, 0.5) is 5.82 Å². The van der Waals surface area contributed by atoms with Gasteiger partial charge in [-0.15, -0.1) is 0 Å². The van der Waals surface area contributed by atoms with Gasteiger partial charge in [-0.05, 0) is 67.3 Å². The molecule has 10 heteroatoms. The summed E-state index contributed by atoms with van der Waals surface area (Å²) in [6, 6.07) is 27.2. The van der Waals surface area contributed by atoms with Gasteiger partial charge in [-0.1, -0.05) is 48.5 Å². The predicted octanol–water partition coefficient (Wildman–Crippen LogP) is 6.17. The number of nitrogens with one attached hydrogen (secondary N) is 2. The largest absolute Gasteiger partial charge is 0.497 e. The molecule has 0 unspecified atom stereocenters. The molecule has 3 aromatic heterocycles. The fourth-order valence-electron chi connectivity index (χ4n) is 5.56. The van der Waals surface area contributed by atoms with Gasteiger partial charge in [0.2, 0.25) is 10.0 Å². The highest BCUT2D eigenvalue weighted by Gasteiger charge is 2.31. The van der Waals surface area contributed by atoms with Crippen molar-refractivity contribution in [3.05, 3.63) is 114 Å². The minimum Gasteiger partial charge on any atom is -0.497 e. The number of aromatic nitrogens is 4. The molecule has 6 rings (SSSR count). The predicted molar refractivity (Wildman–Crippen MR) is 173 cm³/mol. The van der Waals surface area contributed by atoms with Crippen LogP contribution < -0.4 is 10.1 Å². The molecule has 2 N–H and O–H groups in total. The van der Waals surface area contributed by atoms with Crippen molar-refractivity contribution in [1.29, 1.82) is 0 Å². The van der Waals surface area contributed by atoms with E-state index >= 15 is 0 Å². The summed E-state index contributed by atoms with van der Waals surface area (Å²) in [5, 5.41) is 3.42. The van der Waals surface area contributed by atoms with Gasteiger partial charge in [0.05, 0.1) is 29.9 Å². The van der Waals surface area contributed by atoms with Gasteiger partial charge in [0.1, 0.15) is 17.4 Å². The van der Waals surface area contributed by atoms with Crippen molar-refractivity contribution >= 4 is 15.8 Å². The number of anilines is 1. The van der Waals surface area contributed by atoms with Crippen LogP contribution in [0.25, 0.3) is 22.6 Å². The number of aryl methyl sites for hydroxylation is 1. The van der Waals surface area contributed by atoms with Crippen LogP contribution in [0.2, 0.25) is 0 Å². The second-order valence-electron chi connectivity index (χ2n) is 11.1. The number of sulfonamides is 1. The van der Waals surface area contributed by atoms with E-state index in [-0.39, 0.29) is 11.7 Å². The number of imidazole rings is 1. The van der Waals surface area contributed by atoms with Gasteiger partial charge in [-0.3, -0.25) is 4.98 Å². The lowest BCUT2D eigenvalue weighted by Gasteiger charge is -2.30. The molecule has 0 atom stereocenters. The summed E-state index contributed by atoms with van der Waals surface area (Å²) in [4.78, 5) is 18.0. The van der Waals surface area contributed by atoms with Crippen LogP contribution in [0.1, 0.15) is 41.4 Å². The summed E-state index contributed by atoms with van der Waals surface area (Å²) in [5.41, 5.74) is 6.20. The van der Waals surface area contributed by atoms with Crippen molar-refractivity contribution in [3.8, 4) is 28.4 Å². The Labute approximate surface area is 258 Å². The Bertz CT molecular complexity index is 1820. The third-order valence-electron chi connectivity index (χ3n) is 7.96. The van der Waals surface area contributed by atoms with E-state index < -0.39 is 10.0 Å². The van der Waals surface area contributed by atoms with E-state index in [1.54, 1.807) is 17.6 Å². The standard InChI is InChI=1S/C34H36N6O3S/c1-24-7-6-10-30(37-24)33-32(28-15-18-35-31(21-28)36-22-25-11-13-29(43-2)14-12-25)38-34(39-33)27-16-19-40(20-17-27)44(41,42)23-26-8-4-3-5-9-26/h3-15,18,21,27H,16-17,19-20,22-23H2,1-2H3,(H,35,36)(H,38,39). The highest BCUT2D eigenvalue weighted by atomic mass is 32.2. The van der Waals surface area contributed by atoms with E-state index in [1.165, 1.54) is 0 Å². The zero-order chi connectivity index (χ0) is 30.5. The van der Waals surface area contributed by atoms with Crippen molar-refractivity contribution in [3.63, 3.8) is 0 Å². The Kier molecular flexibility index (Phi) is 8.72. The molecule has 4 heterocycles. The number of pyridine rings is 2. The Morgan fingerprint density at radius 3 is 2.43 bits per heavy atom. The first-order chi connectivity index (χ1) is 21.4. The van der Waals surface area contributed by atoms with Crippen molar-refractivity contribution < 1.29 is 13.2 Å². The van der Waals surface area contributed by atoms with Crippen LogP contribution in [-0.4, -0.2) is 52.9 Å². The lowest BCUT2D eigenvalue weighted by Crippen LogP contribution is -2.38. The molecule has 1 fully saturated rings. The minimum atomic E-state index is -3.40. The van der Waals surface area contributed by atoms with E-state index in [2.05, 4.69) is 15.3 Å². The van der Waals surface area contributed by atoms with Gasteiger partial charge in [0.15, 0.2) is 0 Å². The number of hydrogen-bond donors (Lipinski definition) is 2. The molecule has 2 aromatic carbocycles. The van der Waals surface area contributed by atoms with Crippen LogP contribution >= 0.6 is 0 Å². The molecule has 226 valence electrons. The Morgan fingerprint density at radius 1 is 0.932 bits per heavy atom. The van der Waals surface area contributed by atoms with Gasteiger partial charge in [-0.2, -0.15) is 0 Å². The van der Waals surface area contributed by atoms with Crippen molar-refractivity contribution in [2.45, 2.75) is 38.0 Å². The average molecular weight is 609 g/mol. The number of methoxy groups -OCH3 is 1. The Balaban J connectivity index is 1.22. The molecule has 9 nitrogen and oxygen atoms in total. The fraction of sp³-hybridized carbons (Fsp3) is 0.265. The SMILES string of the molecule is COc1ccc(CNc2cc(-c3nc(C4CCN(S(=O)(=O)Cc5ccccc5)CC4)[nH]c3-c3cccc(C)n3)ccn2)cc1. The van der Waals surface area contributed by atoms with Crippen LogP contribution in [0, 0.1) is 6.92 Å². The lowest BCUT2D eigenvalue weighted by atomic mass is 9.97. The monoisotopic (exact) mass is 608 g/mol. The normalized spacial score (nSPS) is 14.4. The zero-order valence-corrected chi connectivity index (χ0v) is 25.7. The molecule has 1 aliphatic heterocycles. The summed E-state index contributed by atoms with van der Waals surface area (Å²) in [7, 11) is -1.74. The molecule has 1 saturated heterocycles. The number of piperidine rings is 1. The van der Waals surface area contributed by atoms with Crippen LogP contribution in [-0.2, 0) is 22.3 Å². The number of rotatable bonds is 10. The molecule has 0 saturated carbocycles. The van der Waals surface area contributed by atoms with Gasteiger partial charge < -0.3 is 15.0 Å². The molecule has 0 spiro atoms. The molecule has 0 amide bonds. The summed E-state index contributed by atoms with van der Waals surface area (Å²) >= 11 is 0. The zero-order valence-electron chi connectivity index (χ0n) is 24.9.